The van der Waals surface area contributed by atoms with E-state index in [1.54, 1.807) is 21.9 Å². The topological polar surface area (TPSA) is 84.7 Å². The molecule has 0 unspecified atom stereocenters. The maximum absolute atomic E-state index is 12.5. The van der Waals surface area contributed by atoms with Crippen LogP contribution >= 0.6 is 0 Å². The van der Waals surface area contributed by atoms with Gasteiger partial charge in [0.15, 0.2) is 0 Å². The number of hydrogen-bond acceptors (Lipinski definition) is 4. The Kier molecular flexibility index (Phi) is 5.25. The molecule has 2 atom stereocenters. The lowest BCUT2D eigenvalue weighted by Gasteiger charge is -2.38. The van der Waals surface area contributed by atoms with Crippen LogP contribution < -0.4 is 4.74 Å². The molecule has 1 amide bonds. The summed E-state index contributed by atoms with van der Waals surface area (Å²) >= 11 is 0. The molecule has 0 aliphatic carbocycles. The van der Waals surface area contributed by atoms with Gasteiger partial charge in [0.25, 0.3) is 0 Å². The van der Waals surface area contributed by atoms with Crippen LogP contribution in [0.2, 0.25) is 0 Å². The van der Waals surface area contributed by atoms with E-state index in [9.17, 15) is 14.7 Å². The van der Waals surface area contributed by atoms with Crippen molar-refractivity contribution in [3.8, 4) is 5.75 Å². The SMILES string of the molecule is Cc1ccccc1OCCN1C(=O)CC[C@H](C(=O)O)[C@H]1c1nccn1C. The highest BCUT2D eigenvalue weighted by Gasteiger charge is 2.42. The molecule has 0 spiro atoms. The Morgan fingerprint density at radius 1 is 1.38 bits per heavy atom. The molecule has 1 aromatic heterocycles. The van der Waals surface area contributed by atoms with Crippen LogP contribution in [0.1, 0.15) is 30.3 Å². The van der Waals surface area contributed by atoms with Crippen LogP contribution in [-0.4, -0.2) is 44.6 Å². The third-order valence-electron chi connectivity index (χ3n) is 4.83. The standard InChI is InChI=1S/C19H23N3O4/c1-13-5-3-4-6-15(13)26-12-11-22-16(23)8-7-14(19(24)25)17(22)18-20-9-10-21(18)2/h3-6,9-10,14,17H,7-8,11-12H2,1-2H3,(H,24,25)/t14-,17-/m0/s1. The zero-order valence-electron chi connectivity index (χ0n) is 15.0. The van der Waals surface area contributed by atoms with Crippen LogP contribution in [0.3, 0.4) is 0 Å². The van der Waals surface area contributed by atoms with Gasteiger partial charge >= 0.3 is 5.97 Å². The fourth-order valence-corrected chi connectivity index (χ4v) is 3.43. The fraction of sp³-hybridized carbons (Fsp3) is 0.421. The van der Waals surface area contributed by atoms with Crippen molar-refractivity contribution in [2.45, 2.75) is 25.8 Å². The Bertz CT molecular complexity index is 802. The van der Waals surface area contributed by atoms with Crippen LogP contribution in [0.25, 0.3) is 0 Å². The maximum Gasteiger partial charge on any atom is 0.309 e. The van der Waals surface area contributed by atoms with Crippen molar-refractivity contribution < 1.29 is 19.4 Å². The van der Waals surface area contributed by atoms with Gasteiger partial charge in [-0.1, -0.05) is 18.2 Å². The lowest BCUT2D eigenvalue weighted by Crippen LogP contribution is -2.47. The summed E-state index contributed by atoms with van der Waals surface area (Å²) in [6, 6.07) is 7.08. The number of aryl methyl sites for hydroxylation is 2. The number of ether oxygens (including phenoxy) is 1. The number of carboxylic acids is 1. The fourth-order valence-electron chi connectivity index (χ4n) is 3.43. The number of imidazole rings is 1. The molecule has 2 aromatic rings. The van der Waals surface area contributed by atoms with E-state index in [4.69, 9.17) is 4.74 Å². The molecule has 138 valence electrons. The van der Waals surface area contributed by atoms with Gasteiger partial charge in [0.05, 0.1) is 12.5 Å². The van der Waals surface area contributed by atoms with Crippen molar-refractivity contribution in [3.05, 3.63) is 48.0 Å². The summed E-state index contributed by atoms with van der Waals surface area (Å²) in [7, 11) is 1.81. The quantitative estimate of drug-likeness (QED) is 0.856. The van der Waals surface area contributed by atoms with Gasteiger partial charge in [-0.05, 0) is 25.0 Å². The zero-order chi connectivity index (χ0) is 18.7. The number of carbonyl (C=O) groups is 2. The third-order valence-corrected chi connectivity index (χ3v) is 4.83. The first-order valence-electron chi connectivity index (χ1n) is 8.67. The van der Waals surface area contributed by atoms with Crippen molar-refractivity contribution in [2.75, 3.05) is 13.2 Å². The number of piperidine rings is 1. The molecule has 1 N–H and O–H groups in total. The minimum absolute atomic E-state index is 0.0658. The van der Waals surface area contributed by atoms with Crippen LogP contribution in [-0.2, 0) is 16.6 Å². The first-order chi connectivity index (χ1) is 12.5. The van der Waals surface area contributed by atoms with Crippen LogP contribution in [0.4, 0.5) is 0 Å². The number of nitrogens with zero attached hydrogens (tertiary/aromatic N) is 3. The molecule has 2 heterocycles. The molecular weight excluding hydrogens is 334 g/mol. The number of carbonyl (C=O) groups excluding carboxylic acids is 1. The normalized spacial score (nSPS) is 20.2. The largest absolute Gasteiger partial charge is 0.491 e. The molecule has 1 aromatic carbocycles. The second kappa shape index (κ2) is 7.59. The highest BCUT2D eigenvalue weighted by molar-refractivity contribution is 5.81. The first-order valence-corrected chi connectivity index (χ1v) is 8.67. The van der Waals surface area contributed by atoms with Crippen molar-refractivity contribution in [2.24, 2.45) is 13.0 Å². The number of aromatic nitrogens is 2. The second-order valence-corrected chi connectivity index (χ2v) is 6.53. The van der Waals surface area contributed by atoms with Gasteiger partial charge in [0.1, 0.15) is 24.2 Å². The molecule has 26 heavy (non-hydrogen) atoms. The molecule has 0 bridgehead atoms. The highest BCUT2D eigenvalue weighted by Crippen LogP contribution is 2.36. The molecule has 1 aliphatic heterocycles. The van der Waals surface area contributed by atoms with E-state index < -0.39 is 17.9 Å². The summed E-state index contributed by atoms with van der Waals surface area (Å²) in [5.41, 5.74) is 1.02. The number of carboxylic acid groups (broad SMARTS) is 1. The molecule has 0 radical (unpaired) electrons. The minimum atomic E-state index is -0.907. The van der Waals surface area contributed by atoms with Gasteiger partial charge < -0.3 is 19.3 Å². The Morgan fingerprint density at radius 2 is 2.15 bits per heavy atom. The lowest BCUT2D eigenvalue weighted by molar-refractivity contribution is -0.152. The predicted octanol–water partition coefficient (Wildman–Crippen LogP) is 2.17. The highest BCUT2D eigenvalue weighted by atomic mass is 16.5. The van der Waals surface area contributed by atoms with E-state index in [1.807, 2.05) is 38.2 Å². The van der Waals surface area contributed by atoms with Crippen molar-refractivity contribution in [3.63, 3.8) is 0 Å². The van der Waals surface area contributed by atoms with E-state index in [-0.39, 0.29) is 12.3 Å². The van der Waals surface area contributed by atoms with Crippen molar-refractivity contribution >= 4 is 11.9 Å². The number of aliphatic carboxylic acids is 1. The Labute approximate surface area is 152 Å². The van der Waals surface area contributed by atoms with E-state index in [0.29, 0.717) is 25.4 Å². The Hall–Kier alpha value is -2.83. The predicted molar refractivity (Wildman–Crippen MR) is 94.7 cm³/mol. The number of hydrogen-bond donors (Lipinski definition) is 1. The van der Waals surface area contributed by atoms with Crippen molar-refractivity contribution in [1.29, 1.82) is 0 Å². The molecule has 1 aliphatic rings. The minimum Gasteiger partial charge on any atom is -0.491 e. The monoisotopic (exact) mass is 357 g/mol. The number of benzene rings is 1. The molecule has 1 saturated heterocycles. The van der Waals surface area contributed by atoms with Gasteiger partial charge in [-0.25, -0.2) is 4.98 Å². The Morgan fingerprint density at radius 3 is 2.81 bits per heavy atom. The summed E-state index contributed by atoms with van der Waals surface area (Å²) < 4.78 is 7.58. The molecule has 0 saturated carbocycles. The van der Waals surface area contributed by atoms with E-state index in [0.717, 1.165) is 11.3 Å². The molecule has 1 fully saturated rings. The van der Waals surface area contributed by atoms with Crippen LogP contribution in [0.15, 0.2) is 36.7 Å². The summed E-state index contributed by atoms with van der Waals surface area (Å²) in [4.78, 5) is 30.2. The summed E-state index contributed by atoms with van der Waals surface area (Å²) in [6.45, 7) is 2.57. The van der Waals surface area contributed by atoms with E-state index in [2.05, 4.69) is 4.98 Å². The van der Waals surface area contributed by atoms with Gasteiger partial charge in [-0.3, -0.25) is 9.59 Å². The van der Waals surface area contributed by atoms with Crippen LogP contribution in [0.5, 0.6) is 5.75 Å². The van der Waals surface area contributed by atoms with E-state index >= 15 is 0 Å². The maximum atomic E-state index is 12.5. The molecule has 7 heteroatoms. The zero-order valence-corrected chi connectivity index (χ0v) is 15.0. The van der Waals surface area contributed by atoms with Crippen LogP contribution in [0, 0.1) is 12.8 Å². The summed E-state index contributed by atoms with van der Waals surface area (Å²) in [5, 5.41) is 9.64. The average Bonchev–Trinajstić information content (AvgIpc) is 3.03. The van der Waals surface area contributed by atoms with Gasteiger partial charge in [0, 0.05) is 25.9 Å². The van der Waals surface area contributed by atoms with Gasteiger partial charge in [0.2, 0.25) is 5.91 Å². The third kappa shape index (κ3) is 3.56. The lowest BCUT2D eigenvalue weighted by atomic mass is 9.88. The van der Waals surface area contributed by atoms with Gasteiger partial charge in [-0.2, -0.15) is 0 Å². The molecule has 3 rings (SSSR count). The molecule has 7 nitrogen and oxygen atoms in total. The first kappa shape index (κ1) is 18.0. The number of amides is 1. The number of para-hydroxylation sites is 1. The van der Waals surface area contributed by atoms with E-state index in [1.165, 1.54) is 0 Å². The average molecular weight is 357 g/mol. The van der Waals surface area contributed by atoms with Crippen molar-refractivity contribution in [1.82, 2.24) is 14.5 Å². The smallest absolute Gasteiger partial charge is 0.309 e. The summed E-state index contributed by atoms with van der Waals surface area (Å²) in [5.74, 6) is -0.298. The van der Waals surface area contributed by atoms with Gasteiger partial charge in [-0.15, -0.1) is 0 Å². The summed E-state index contributed by atoms with van der Waals surface area (Å²) in [6.07, 6.45) is 3.92. The molecular formula is C19H23N3O4. The Balaban J connectivity index is 1.79. The number of rotatable bonds is 6. The number of likely N-dealkylation sites (tertiary alicyclic amines) is 1. The second-order valence-electron chi connectivity index (χ2n) is 6.53.